The molecule has 0 spiro atoms. The fourth-order valence-electron chi connectivity index (χ4n) is 4.05. The minimum atomic E-state index is -0.589. The van der Waals surface area contributed by atoms with Gasteiger partial charge in [-0.25, -0.2) is 18.7 Å². The number of hydrogen-bond donors (Lipinski definition) is 0. The lowest BCUT2D eigenvalue weighted by Crippen LogP contribution is -2.31. The molecule has 6 rings (SSSR count). The van der Waals surface area contributed by atoms with Gasteiger partial charge in [0.05, 0.1) is 11.1 Å². The van der Waals surface area contributed by atoms with Crippen molar-refractivity contribution in [3.05, 3.63) is 85.2 Å². The number of carbonyl (C=O) groups excluding carboxylic acids is 2. The van der Waals surface area contributed by atoms with Crippen LogP contribution in [-0.4, -0.2) is 21.2 Å². The second-order valence-electron chi connectivity index (χ2n) is 7.53. The van der Waals surface area contributed by atoms with Crippen LogP contribution in [-0.2, 0) is 0 Å². The Morgan fingerprint density at radius 3 is 2.52 bits per heavy atom. The van der Waals surface area contributed by atoms with Gasteiger partial charge >= 0.3 is 0 Å². The maximum absolute atomic E-state index is 13.6. The molecule has 2 aromatic carbocycles. The smallest absolute Gasteiger partial charge is 0.268 e. The minimum absolute atomic E-state index is 0.00464. The van der Waals surface area contributed by atoms with Gasteiger partial charge in [0.25, 0.3) is 17.4 Å². The molecule has 0 saturated heterocycles. The van der Waals surface area contributed by atoms with Crippen molar-refractivity contribution in [2.45, 2.75) is 6.92 Å². The molecule has 1 aliphatic heterocycles. The van der Waals surface area contributed by atoms with Gasteiger partial charge in [0, 0.05) is 16.0 Å². The molecule has 0 fully saturated rings. The Hall–Kier alpha value is -3.40. The molecule has 3 aromatic heterocycles. The van der Waals surface area contributed by atoms with Crippen LogP contribution < -0.4 is 10.5 Å². The van der Waals surface area contributed by atoms with Gasteiger partial charge in [-0.1, -0.05) is 35.1 Å². The Morgan fingerprint density at radius 1 is 1.03 bits per heavy atom. The summed E-state index contributed by atoms with van der Waals surface area (Å²) in [6.07, 6.45) is 0. The molecule has 2 amide bonds. The van der Waals surface area contributed by atoms with Gasteiger partial charge < -0.3 is 0 Å². The molecule has 0 atom stereocenters. The third-order valence-corrected chi connectivity index (χ3v) is 7.70. The molecular weight excluding hydrogens is 485 g/mol. The second kappa shape index (κ2) is 7.05. The molecule has 0 radical (unpaired) electrons. The molecule has 0 N–H and O–H groups in total. The molecular formula is C23H11ClFN3O3S2. The van der Waals surface area contributed by atoms with Crippen LogP contribution >= 0.6 is 34.3 Å². The zero-order valence-corrected chi connectivity index (χ0v) is 19.1. The average molecular weight is 496 g/mol. The SMILES string of the molecule is Cc1cc(Cl)ccc1N1C(=O)c2sc3nc4scc(-c5ccc(F)cc5)c4c(=O)n3c2C1=O. The van der Waals surface area contributed by atoms with Crippen LogP contribution in [0.15, 0.2) is 52.6 Å². The summed E-state index contributed by atoms with van der Waals surface area (Å²) in [4.78, 5) is 46.7. The first kappa shape index (κ1) is 20.2. The highest BCUT2D eigenvalue weighted by molar-refractivity contribution is 7.20. The number of anilines is 1. The van der Waals surface area contributed by atoms with Gasteiger partial charge in [-0.05, 0) is 48.4 Å². The quantitative estimate of drug-likeness (QED) is 0.301. The molecule has 0 unspecified atom stereocenters. The lowest BCUT2D eigenvalue weighted by atomic mass is 10.1. The van der Waals surface area contributed by atoms with Gasteiger partial charge in [0.2, 0.25) is 0 Å². The Kier molecular flexibility index (Phi) is 4.32. The Bertz CT molecular complexity index is 1720. The number of rotatable bonds is 2. The summed E-state index contributed by atoms with van der Waals surface area (Å²) in [5, 5.41) is 2.60. The number of thiophene rings is 1. The van der Waals surface area contributed by atoms with Crippen molar-refractivity contribution in [1.29, 1.82) is 0 Å². The van der Waals surface area contributed by atoms with Gasteiger partial charge in [-0.2, -0.15) is 0 Å². The molecule has 0 bridgehead atoms. The number of imide groups is 1. The number of thiazole rings is 1. The lowest BCUT2D eigenvalue weighted by molar-refractivity contribution is 0.0924. The van der Waals surface area contributed by atoms with Crippen molar-refractivity contribution in [3.8, 4) is 11.1 Å². The first-order chi connectivity index (χ1) is 15.8. The van der Waals surface area contributed by atoms with E-state index in [1.807, 2.05) is 0 Å². The molecule has 0 saturated carbocycles. The molecule has 162 valence electrons. The zero-order valence-electron chi connectivity index (χ0n) is 16.8. The summed E-state index contributed by atoms with van der Waals surface area (Å²) in [7, 11) is 0. The van der Waals surface area contributed by atoms with E-state index in [1.54, 1.807) is 42.6 Å². The predicted molar refractivity (Wildman–Crippen MR) is 127 cm³/mol. The van der Waals surface area contributed by atoms with E-state index in [9.17, 15) is 18.8 Å². The third kappa shape index (κ3) is 2.83. The van der Waals surface area contributed by atoms with E-state index in [-0.39, 0.29) is 21.3 Å². The van der Waals surface area contributed by atoms with E-state index in [2.05, 4.69) is 4.98 Å². The first-order valence-corrected chi connectivity index (χ1v) is 11.8. The van der Waals surface area contributed by atoms with Crippen LogP contribution in [0.1, 0.15) is 25.7 Å². The van der Waals surface area contributed by atoms with Gasteiger partial charge in [-0.3, -0.25) is 14.4 Å². The Balaban J connectivity index is 1.58. The summed E-state index contributed by atoms with van der Waals surface area (Å²) >= 11 is 8.32. The summed E-state index contributed by atoms with van der Waals surface area (Å²) in [5.41, 5.74) is 1.90. The third-order valence-electron chi connectivity index (χ3n) is 5.57. The zero-order chi connectivity index (χ0) is 23.0. The van der Waals surface area contributed by atoms with E-state index in [1.165, 1.54) is 27.9 Å². The fourth-order valence-corrected chi connectivity index (χ4v) is 6.31. The van der Waals surface area contributed by atoms with Crippen LogP contribution in [0.5, 0.6) is 0 Å². The summed E-state index contributed by atoms with van der Waals surface area (Å²) in [6.45, 7) is 1.75. The molecule has 1 aliphatic rings. The number of benzene rings is 2. The highest BCUT2D eigenvalue weighted by Gasteiger charge is 2.42. The highest BCUT2D eigenvalue weighted by Crippen LogP contribution is 2.37. The van der Waals surface area contributed by atoms with Crippen molar-refractivity contribution in [3.63, 3.8) is 0 Å². The van der Waals surface area contributed by atoms with E-state index in [4.69, 9.17) is 11.6 Å². The van der Waals surface area contributed by atoms with Crippen molar-refractivity contribution >= 4 is 67.0 Å². The number of amides is 2. The molecule has 33 heavy (non-hydrogen) atoms. The largest absolute Gasteiger partial charge is 0.284 e. The van der Waals surface area contributed by atoms with E-state index in [0.29, 0.717) is 37.6 Å². The number of carbonyl (C=O) groups is 2. The Morgan fingerprint density at radius 2 is 1.79 bits per heavy atom. The van der Waals surface area contributed by atoms with Crippen LogP contribution in [0.4, 0.5) is 10.1 Å². The standard InChI is InChI=1S/C23H11ClFN3O3S2/c1-10-8-12(24)4-7-15(10)27-21(30)17-18(22(27)31)33-23-26-19-16(20(29)28(17)23)14(9-32-19)11-2-5-13(25)6-3-11/h2-9H,1H3. The minimum Gasteiger partial charge on any atom is -0.268 e. The van der Waals surface area contributed by atoms with Crippen molar-refractivity contribution < 1.29 is 14.0 Å². The number of fused-ring (bicyclic) bond motifs is 4. The van der Waals surface area contributed by atoms with Crippen molar-refractivity contribution in [1.82, 2.24) is 9.38 Å². The maximum atomic E-state index is 13.6. The number of aryl methyl sites for hydroxylation is 1. The van der Waals surface area contributed by atoms with Crippen LogP contribution in [0.3, 0.4) is 0 Å². The van der Waals surface area contributed by atoms with Gasteiger partial charge in [0.15, 0.2) is 4.96 Å². The van der Waals surface area contributed by atoms with E-state index >= 15 is 0 Å². The Labute approximate surface area is 198 Å². The summed E-state index contributed by atoms with van der Waals surface area (Å²) < 4.78 is 14.6. The summed E-state index contributed by atoms with van der Waals surface area (Å²) in [5.74, 6) is -1.47. The van der Waals surface area contributed by atoms with E-state index < -0.39 is 17.4 Å². The molecule has 4 heterocycles. The highest BCUT2D eigenvalue weighted by atomic mass is 35.5. The van der Waals surface area contributed by atoms with Crippen LogP contribution in [0, 0.1) is 12.7 Å². The second-order valence-corrected chi connectivity index (χ2v) is 9.80. The molecule has 5 aromatic rings. The average Bonchev–Trinajstić information content (AvgIpc) is 3.43. The molecule has 0 aliphatic carbocycles. The fraction of sp³-hybridized carbons (Fsp3) is 0.0435. The molecule has 6 nitrogen and oxygen atoms in total. The first-order valence-electron chi connectivity index (χ1n) is 9.73. The van der Waals surface area contributed by atoms with Gasteiger partial charge in [0.1, 0.15) is 21.2 Å². The van der Waals surface area contributed by atoms with Crippen molar-refractivity contribution in [2.24, 2.45) is 0 Å². The number of hydrogen-bond acceptors (Lipinski definition) is 6. The van der Waals surface area contributed by atoms with Crippen LogP contribution in [0.2, 0.25) is 5.02 Å². The van der Waals surface area contributed by atoms with Gasteiger partial charge in [-0.15, -0.1) is 11.3 Å². The monoisotopic (exact) mass is 495 g/mol. The normalized spacial score (nSPS) is 13.5. The number of nitrogens with zero attached hydrogens (tertiary/aromatic N) is 3. The number of halogens is 2. The van der Waals surface area contributed by atoms with Crippen molar-refractivity contribution in [2.75, 3.05) is 4.90 Å². The van der Waals surface area contributed by atoms with E-state index in [0.717, 1.165) is 16.2 Å². The predicted octanol–water partition coefficient (Wildman–Crippen LogP) is 5.54. The summed E-state index contributed by atoms with van der Waals surface area (Å²) in [6, 6.07) is 10.7. The maximum Gasteiger partial charge on any atom is 0.284 e. The van der Waals surface area contributed by atoms with Crippen LogP contribution in [0.25, 0.3) is 26.3 Å². The molecule has 10 heteroatoms. The number of aromatic nitrogens is 2. The topological polar surface area (TPSA) is 71.8 Å². The lowest BCUT2D eigenvalue weighted by Gasteiger charge is -2.16.